The fraction of sp³-hybridized carbons (Fsp3) is 0.364. The van der Waals surface area contributed by atoms with Crippen molar-refractivity contribution >= 4 is 39.2 Å². The van der Waals surface area contributed by atoms with Gasteiger partial charge in [0.1, 0.15) is 6.54 Å². The van der Waals surface area contributed by atoms with Gasteiger partial charge in [0.05, 0.1) is 10.7 Å². The molecule has 0 atom stereocenters. The van der Waals surface area contributed by atoms with Crippen molar-refractivity contribution in [3.63, 3.8) is 0 Å². The van der Waals surface area contributed by atoms with Gasteiger partial charge < -0.3 is 4.90 Å². The van der Waals surface area contributed by atoms with Crippen LogP contribution in [0.1, 0.15) is 0 Å². The van der Waals surface area contributed by atoms with E-state index in [0.29, 0.717) is 10.7 Å². The number of nitrogens with zero attached hydrogens (tertiary/aromatic N) is 2. The van der Waals surface area contributed by atoms with Gasteiger partial charge in [-0.15, -0.1) is 0 Å². The molecular weight excluding hydrogens is 348 g/mol. The first-order valence-corrected chi connectivity index (χ1v) is 6.53. The minimum atomic E-state index is -4.39. The molecule has 2 amide bonds. The van der Waals surface area contributed by atoms with Crippen molar-refractivity contribution in [3.05, 3.63) is 27.7 Å². The van der Waals surface area contributed by atoms with Crippen LogP contribution in [0.25, 0.3) is 0 Å². The monoisotopic (exact) mass is 356 g/mol. The van der Waals surface area contributed by atoms with E-state index in [1.165, 1.54) is 4.90 Å². The Morgan fingerprint density at radius 2 is 2.00 bits per heavy atom. The lowest BCUT2D eigenvalue weighted by molar-refractivity contribution is -0.138. The maximum atomic E-state index is 12.3. The molecule has 1 aromatic rings. The van der Waals surface area contributed by atoms with Crippen LogP contribution in [0.4, 0.5) is 23.7 Å². The summed E-state index contributed by atoms with van der Waals surface area (Å²) >= 11 is 9.22. The zero-order valence-electron chi connectivity index (χ0n) is 9.55. The summed E-state index contributed by atoms with van der Waals surface area (Å²) in [5.74, 6) is 0. The molecule has 0 N–H and O–H groups in total. The Morgan fingerprint density at radius 1 is 1.32 bits per heavy atom. The molecule has 1 aromatic carbocycles. The first-order valence-electron chi connectivity index (χ1n) is 5.36. The quantitative estimate of drug-likeness (QED) is 0.787. The van der Waals surface area contributed by atoms with Gasteiger partial charge in [-0.2, -0.15) is 13.2 Å². The molecule has 0 spiro atoms. The summed E-state index contributed by atoms with van der Waals surface area (Å²) in [5, 5.41) is 0.316. The van der Waals surface area contributed by atoms with Crippen molar-refractivity contribution in [2.24, 2.45) is 0 Å². The van der Waals surface area contributed by atoms with Crippen LogP contribution in [-0.2, 0) is 0 Å². The van der Waals surface area contributed by atoms with Gasteiger partial charge in [0.25, 0.3) is 0 Å². The molecule has 0 unspecified atom stereocenters. The van der Waals surface area contributed by atoms with Crippen molar-refractivity contribution in [3.8, 4) is 0 Å². The Hall–Kier alpha value is -0.950. The van der Waals surface area contributed by atoms with Crippen LogP contribution < -0.4 is 4.90 Å². The third-order valence-electron chi connectivity index (χ3n) is 2.67. The van der Waals surface area contributed by atoms with Gasteiger partial charge in [0.15, 0.2) is 0 Å². The highest BCUT2D eigenvalue weighted by molar-refractivity contribution is 9.10. The van der Waals surface area contributed by atoms with E-state index >= 15 is 0 Å². The van der Waals surface area contributed by atoms with Crippen LogP contribution in [0.5, 0.6) is 0 Å². The summed E-state index contributed by atoms with van der Waals surface area (Å²) < 4.78 is 37.6. The Balaban J connectivity index is 2.18. The summed E-state index contributed by atoms with van der Waals surface area (Å²) in [5.41, 5.74) is 0.416. The van der Waals surface area contributed by atoms with E-state index in [2.05, 4.69) is 15.9 Å². The Morgan fingerprint density at radius 3 is 2.58 bits per heavy atom. The Kier molecular flexibility index (Phi) is 3.96. The van der Waals surface area contributed by atoms with Crippen molar-refractivity contribution < 1.29 is 18.0 Å². The zero-order valence-corrected chi connectivity index (χ0v) is 11.9. The minimum Gasteiger partial charge on any atom is -0.313 e. The molecule has 3 nitrogen and oxygen atoms in total. The standard InChI is InChI=1S/C11H9BrClF3N2O/c12-7-1-2-9(8(13)5-7)18-4-3-17(10(18)19)6-11(14,15)16/h1-2,5H,3-4,6H2. The fourth-order valence-corrected chi connectivity index (χ4v) is 2.64. The number of amides is 2. The van der Waals surface area contributed by atoms with Crippen molar-refractivity contribution in [1.82, 2.24) is 4.90 Å². The van der Waals surface area contributed by atoms with E-state index in [1.54, 1.807) is 18.2 Å². The van der Waals surface area contributed by atoms with Gasteiger partial charge in [-0.1, -0.05) is 27.5 Å². The van der Waals surface area contributed by atoms with Crippen LogP contribution >= 0.6 is 27.5 Å². The second-order valence-electron chi connectivity index (χ2n) is 4.07. The highest BCUT2D eigenvalue weighted by atomic mass is 79.9. The summed E-state index contributed by atoms with van der Waals surface area (Å²) in [6, 6.07) is 4.19. The normalized spacial score (nSPS) is 16.4. The van der Waals surface area contributed by atoms with E-state index in [0.717, 1.165) is 9.37 Å². The maximum absolute atomic E-state index is 12.3. The predicted molar refractivity (Wildman–Crippen MR) is 69.5 cm³/mol. The van der Waals surface area contributed by atoms with Gasteiger partial charge >= 0.3 is 12.2 Å². The lowest BCUT2D eigenvalue weighted by atomic mass is 10.3. The minimum absolute atomic E-state index is 0.0325. The van der Waals surface area contributed by atoms with Gasteiger partial charge in [-0.25, -0.2) is 4.79 Å². The number of hydrogen-bond donors (Lipinski definition) is 0. The van der Waals surface area contributed by atoms with Gasteiger partial charge in [-0.3, -0.25) is 4.90 Å². The van der Waals surface area contributed by atoms with Crippen molar-refractivity contribution in [2.75, 3.05) is 24.5 Å². The number of carbonyl (C=O) groups is 1. The number of alkyl halides is 3. The SMILES string of the molecule is O=C1N(CC(F)(F)F)CCN1c1ccc(Br)cc1Cl. The van der Waals surface area contributed by atoms with E-state index in [9.17, 15) is 18.0 Å². The molecule has 104 valence electrons. The topological polar surface area (TPSA) is 23.6 Å². The molecule has 1 fully saturated rings. The third-order valence-corrected chi connectivity index (χ3v) is 3.46. The summed E-state index contributed by atoms with van der Waals surface area (Å²) in [6.07, 6.45) is -4.39. The summed E-state index contributed by atoms with van der Waals surface area (Å²) in [6.45, 7) is -1.02. The lowest BCUT2D eigenvalue weighted by Crippen LogP contribution is -2.38. The first kappa shape index (κ1) is 14.5. The maximum Gasteiger partial charge on any atom is 0.406 e. The van der Waals surface area contributed by atoms with Crippen LogP contribution in [0.3, 0.4) is 0 Å². The molecule has 1 aliphatic rings. The van der Waals surface area contributed by atoms with Crippen molar-refractivity contribution in [2.45, 2.75) is 6.18 Å². The molecule has 1 heterocycles. The predicted octanol–water partition coefficient (Wildman–Crippen LogP) is 3.91. The largest absolute Gasteiger partial charge is 0.406 e. The molecule has 2 rings (SSSR count). The van der Waals surface area contributed by atoms with Crippen LogP contribution in [0, 0.1) is 0 Å². The lowest BCUT2D eigenvalue weighted by Gasteiger charge is -2.20. The molecular formula is C11H9BrClF3N2O. The molecule has 8 heteroatoms. The average molecular weight is 358 g/mol. The zero-order chi connectivity index (χ0) is 14.2. The molecule has 0 saturated carbocycles. The molecule has 0 aliphatic carbocycles. The average Bonchev–Trinajstić information content (AvgIpc) is 2.59. The van der Waals surface area contributed by atoms with Crippen LogP contribution in [-0.4, -0.2) is 36.7 Å². The number of urea groups is 1. The Labute approximate surface area is 121 Å². The molecule has 1 saturated heterocycles. The second kappa shape index (κ2) is 5.20. The number of carbonyl (C=O) groups excluding carboxylic acids is 1. The summed E-state index contributed by atoms with van der Waals surface area (Å²) in [7, 11) is 0. The highest BCUT2D eigenvalue weighted by Crippen LogP contribution is 2.32. The van der Waals surface area contributed by atoms with E-state index in [-0.39, 0.29) is 13.1 Å². The first-order chi connectivity index (χ1) is 8.78. The summed E-state index contributed by atoms with van der Waals surface area (Å²) in [4.78, 5) is 13.9. The van der Waals surface area contributed by atoms with Crippen LogP contribution in [0.2, 0.25) is 5.02 Å². The number of benzene rings is 1. The Bertz CT molecular complexity index is 509. The fourth-order valence-electron chi connectivity index (χ4n) is 1.87. The number of anilines is 1. The van der Waals surface area contributed by atoms with Gasteiger partial charge in [0.2, 0.25) is 0 Å². The highest BCUT2D eigenvalue weighted by Gasteiger charge is 2.38. The molecule has 0 aromatic heterocycles. The molecule has 1 aliphatic heterocycles. The number of hydrogen-bond acceptors (Lipinski definition) is 1. The number of rotatable bonds is 2. The van der Waals surface area contributed by atoms with Crippen LogP contribution in [0.15, 0.2) is 22.7 Å². The van der Waals surface area contributed by atoms with Crippen molar-refractivity contribution in [1.29, 1.82) is 0 Å². The molecule has 0 bridgehead atoms. The van der Waals surface area contributed by atoms with E-state index in [1.807, 2.05) is 0 Å². The molecule has 0 radical (unpaired) electrons. The second-order valence-corrected chi connectivity index (χ2v) is 5.39. The number of halogens is 5. The smallest absolute Gasteiger partial charge is 0.313 e. The molecule has 19 heavy (non-hydrogen) atoms. The van der Waals surface area contributed by atoms with E-state index in [4.69, 9.17) is 11.6 Å². The van der Waals surface area contributed by atoms with Gasteiger partial charge in [-0.05, 0) is 18.2 Å². The van der Waals surface area contributed by atoms with E-state index < -0.39 is 18.8 Å². The third kappa shape index (κ3) is 3.33. The van der Waals surface area contributed by atoms with Gasteiger partial charge in [0, 0.05) is 17.6 Å².